The van der Waals surface area contributed by atoms with Crippen LogP contribution in [0, 0.1) is 12.7 Å². The molecule has 0 heterocycles. The molecule has 0 N–H and O–H groups in total. The van der Waals surface area contributed by atoms with E-state index in [1.807, 2.05) is 30.3 Å². The fourth-order valence-corrected chi connectivity index (χ4v) is 0.342. The molecule has 1 aromatic rings. The number of rotatable bonds is 0. The molecule has 0 nitrogen and oxygen atoms in total. The molecule has 0 fully saturated rings. The van der Waals surface area contributed by atoms with E-state index in [-0.39, 0.29) is 40.0 Å². The summed E-state index contributed by atoms with van der Waals surface area (Å²) < 4.78 is 28.8. The minimum Gasteiger partial charge on any atom is -1.00 e. The van der Waals surface area contributed by atoms with Gasteiger partial charge in [0.15, 0.2) is 6.68 Å². The Labute approximate surface area is 96.1 Å². The SMILES string of the molecule is F[C-](F)F.[Br-].[Mg+2].[c-]1ccccc1. The average Bonchev–Trinajstić information content (AvgIpc) is 1.90. The molecule has 0 unspecified atom stereocenters. The van der Waals surface area contributed by atoms with Gasteiger partial charge in [0.1, 0.15) is 0 Å². The standard InChI is InChI=1S/C6H5.CF3.BrH.Mg/c1-2-4-6-5-3-1;2-1(3)4;;/h1-5H;;1H;/q2*-1;;+2/p-1. The van der Waals surface area contributed by atoms with Gasteiger partial charge in [-0.2, -0.15) is 36.4 Å². The number of hydrogen-bond donors (Lipinski definition) is 0. The Morgan fingerprint density at radius 1 is 0.917 bits per heavy atom. The van der Waals surface area contributed by atoms with Gasteiger partial charge in [0, 0.05) is 0 Å². The molecule has 0 bridgehead atoms. The Bertz CT molecular complexity index is 119. The maximum atomic E-state index is 9.58. The van der Waals surface area contributed by atoms with Gasteiger partial charge in [-0.1, -0.05) is 0 Å². The molecule has 1 rings (SSSR count). The quantitative estimate of drug-likeness (QED) is 0.428. The average molecular weight is 250 g/mol. The van der Waals surface area contributed by atoms with Crippen LogP contribution in [-0.4, -0.2) is 23.1 Å². The zero-order valence-electron chi connectivity index (χ0n) is 6.11. The monoisotopic (exact) mass is 249 g/mol. The second kappa shape index (κ2) is 13.8. The van der Waals surface area contributed by atoms with Gasteiger partial charge in [0.25, 0.3) is 0 Å². The summed E-state index contributed by atoms with van der Waals surface area (Å²) in [6, 6.07) is 12.5. The van der Waals surface area contributed by atoms with Gasteiger partial charge in [-0.3, -0.25) is 0 Å². The van der Waals surface area contributed by atoms with E-state index in [1.165, 1.54) is 0 Å². The molecule has 5 heteroatoms. The van der Waals surface area contributed by atoms with Gasteiger partial charge in [0.05, 0.1) is 0 Å². The van der Waals surface area contributed by atoms with E-state index in [4.69, 9.17) is 0 Å². The van der Waals surface area contributed by atoms with Crippen molar-refractivity contribution in [2.45, 2.75) is 0 Å². The summed E-state index contributed by atoms with van der Waals surface area (Å²) in [6.07, 6.45) is 0. The fourth-order valence-electron chi connectivity index (χ4n) is 0.342. The predicted octanol–water partition coefficient (Wildman–Crippen LogP) is -0.548. The van der Waals surface area contributed by atoms with Crippen LogP contribution in [0.2, 0.25) is 0 Å². The molecule has 0 aliphatic carbocycles. The van der Waals surface area contributed by atoms with Crippen LogP contribution in [0.4, 0.5) is 13.2 Å². The second-order valence-corrected chi connectivity index (χ2v) is 1.29. The molecule has 0 aliphatic rings. The topological polar surface area (TPSA) is 0 Å². The van der Waals surface area contributed by atoms with Gasteiger partial charge in [0.2, 0.25) is 0 Å². The largest absolute Gasteiger partial charge is 2.00 e. The molecule has 0 aromatic heterocycles. The van der Waals surface area contributed by atoms with Gasteiger partial charge >= 0.3 is 23.1 Å². The molecule has 0 amide bonds. The Hall–Kier alpha value is 0.256. The number of hydrogen-bond acceptors (Lipinski definition) is 0. The van der Waals surface area contributed by atoms with E-state index < -0.39 is 6.68 Å². The zero-order chi connectivity index (χ0) is 7.82. The van der Waals surface area contributed by atoms with Crippen LogP contribution in [-0.2, 0) is 0 Å². The third-order valence-corrected chi connectivity index (χ3v) is 0.607. The maximum absolute atomic E-state index is 9.58. The van der Waals surface area contributed by atoms with Gasteiger partial charge in [-0.25, -0.2) is 0 Å². The maximum Gasteiger partial charge on any atom is 2.00 e. The Balaban J connectivity index is -0.000000124. The first-order valence-electron chi connectivity index (χ1n) is 2.48. The molecule has 1 aromatic carbocycles. The zero-order valence-corrected chi connectivity index (χ0v) is 9.11. The van der Waals surface area contributed by atoms with Crippen LogP contribution in [0.25, 0.3) is 0 Å². The van der Waals surface area contributed by atoms with Crippen molar-refractivity contribution < 1.29 is 30.2 Å². The summed E-state index contributed by atoms with van der Waals surface area (Å²) in [7, 11) is 0. The third-order valence-electron chi connectivity index (χ3n) is 0.607. The summed E-state index contributed by atoms with van der Waals surface area (Å²) in [6.45, 7) is -3.08. The van der Waals surface area contributed by atoms with Crippen molar-refractivity contribution in [3.63, 3.8) is 0 Å². The summed E-state index contributed by atoms with van der Waals surface area (Å²) in [5.41, 5.74) is 0. The Morgan fingerprint density at radius 2 is 1.25 bits per heavy atom. The van der Waals surface area contributed by atoms with Crippen LogP contribution in [0.1, 0.15) is 0 Å². The van der Waals surface area contributed by atoms with E-state index in [1.54, 1.807) is 0 Å². The van der Waals surface area contributed by atoms with Crippen molar-refractivity contribution in [3.05, 3.63) is 43.1 Å². The molecule has 0 atom stereocenters. The summed E-state index contributed by atoms with van der Waals surface area (Å²) >= 11 is 0. The van der Waals surface area contributed by atoms with Crippen LogP contribution in [0.3, 0.4) is 0 Å². The minimum absolute atomic E-state index is 0. The third kappa shape index (κ3) is 22.5. The first kappa shape index (κ1) is 18.1. The molecular weight excluding hydrogens is 245 g/mol. The van der Waals surface area contributed by atoms with Crippen molar-refractivity contribution >= 4 is 23.1 Å². The number of benzene rings is 1. The molecule has 0 radical (unpaired) electrons. The van der Waals surface area contributed by atoms with E-state index >= 15 is 0 Å². The Morgan fingerprint density at radius 3 is 1.33 bits per heavy atom. The predicted molar refractivity (Wildman–Crippen MR) is 37.6 cm³/mol. The molecule has 12 heavy (non-hydrogen) atoms. The first-order chi connectivity index (χ1) is 4.73. The van der Waals surface area contributed by atoms with E-state index in [9.17, 15) is 13.2 Å². The van der Waals surface area contributed by atoms with Crippen molar-refractivity contribution in [1.29, 1.82) is 0 Å². The van der Waals surface area contributed by atoms with Crippen LogP contribution in [0.15, 0.2) is 30.3 Å². The molecule has 0 spiro atoms. The normalized spacial score (nSPS) is 7.00. The van der Waals surface area contributed by atoms with Crippen molar-refractivity contribution in [2.75, 3.05) is 0 Å². The van der Waals surface area contributed by atoms with E-state index in [0.717, 1.165) is 0 Å². The van der Waals surface area contributed by atoms with Crippen molar-refractivity contribution in [2.24, 2.45) is 0 Å². The minimum atomic E-state index is -3.08. The number of halogens is 4. The van der Waals surface area contributed by atoms with Crippen molar-refractivity contribution in [3.8, 4) is 0 Å². The van der Waals surface area contributed by atoms with Crippen LogP contribution in [0.5, 0.6) is 0 Å². The summed E-state index contributed by atoms with van der Waals surface area (Å²) in [5, 5.41) is 0. The van der Waals surface area contributed by atoms with E-state index in [0.29, 0.717) is 0 Å². The molecule has 0 saturated carbocycles. The molecular formula is C7H5BrF3Mg-. The van der Waals surface area contributed by atoms with E-state index in [2.05, 4.69) is 6.07 Å². The Kier molecular flexibility index (Phi) is 20.9. The summed E-state index contributed by atoms with van der Waals surface area (Å²) in [5.74, 6) is 0. The summed E-state index contributed by atoms with van der Waals surface area (Å²) in [4.78, 5) is 0. The smallest absolute Gasteiger partial charge is 1.00 e. The van der Waals surface area contributed by atoms with Crippen molar-refractivity contribution in [1.82, 2.24) is 0 Å². The fraction of sp³-hybridized carbons (Fsp3) is 0. The van der Waals surface area contributed by atoms with Crippen LogP contribution >= 0.6 is 0 Å². The van der Waals surface area contributed by atoms with Gasteiger partial charge in [-0.15, -0.1) is 0 Å². The second-order valence-electron chi connectivity index (χ2n) is 1.29. The molecule has 0 saturated heterocycles. The van der Waals surface area contributed by atoms with Crippen LogP contribution < -0.4 is 17.0 Å². The first-order valence-corrected chi connectivity index (χ1v) is 2.48. The van der Waals surface area contributed by atoms with Gasteiger partial charge in [-0.05, 0) is 0 Å². The molecule has 64 valence electrons. The van der Waals surface area contributed by atoms with Gasteiger partial charge < -0.3 is 30.2 Å². The molecule has 0 aliphatic heterocycles.